The van der Waals surface area contributed by atoms with Crippen LogP contribution in [0.4, 0.5) is 5.69 Å². The van der Waals surface area contributed by atoms with Crippen molar-refractivity contribution >= 4 is 11.6 Å². The average molecular weight is 344 g/mol. The van der Waals surface area contributed by atoms with Gasteiger partial charge in [-0.15, -0.1) is 0 Å². The van der Waals surface area contributed by atoms with E-state index in [0.717, 1.165) is 17.0 Å². The summed E-state index contributed by atoms with van der Waals surface area (Å²) in [6, 6.07) is 13.2. The number of benzene rings is 2. The van der Waals surface area contributed by atoms with Crippen molar-refractivity contribution in [2.45, 2.75) is 13.0 Å². The zero-order valence-corrected chi connectivity index (χ0v) is 14.8. The SMILES string of the molecule is COc1ccccc1CNC(=O)CCNc1ccc(OC)c(OC)c1. The van der Waals surface area contributed by atoms with Crippen LogP contribution in [0.3, 0.4) is 0 Å². The van der Waals surface area contributed by atoms with Crippen LogP contribution < -0.4 is 24.8 Å². The molecular weight excluding hydrogens is 320 g/mol. The number of nitrogens with one attached hydrogen (secondary N) is 2. The van der Waals surface area contributed by atoms with Gasteiger partial charge in [-0.1, -0.05) is 18.2 Å². The summed E-state index contributed by atoms with van der Waals surface area (Å²) in [5.74, 6) is 2.06. The monoisotopic (exact) mass is 344 g/mol. The largest absolute Gasteiger partial charge is 0.496 e. The first kappa shape index (κ1) is 18.4. The smallest absolute Gasteiger partial charge is 0.222 e. The number of rotatable bonds is 9. The Labute approximate surface area is 148 Å². The maximum atomic E-state index is 12.0. The lowest BCUT2D eigenvalue weighted by Crippen LogP contribution is -2.25. The van der Waals surface area contributed by atoms with Crippen molar-refractivity contribution < 1.29 is 19.0 Å². The van der Waals surface area contributed by atoms with E-state index in [4.69, 9.17) is 14.2 Å². The summed E-state index contributed by atoms with van der Waals surface area (Å²) in [5, 5.41) is 6.10. The fourth-order valence-electron chi connectivity index (χ4n) is 2.40. The molecule has 0 bridgehead atoms. The maximum Gasteiger partial charge on any atom is 0.222 e. The molecule has 25 heavy (non-hydrogen) atoms. The van der Waals surface area contributed by atoms with Crippen molar-refractivity contribution in [3.05, 3.63) is 48.0 Å². The minimum atomic E-state index is -0.0288. The molecule has 2 N–H and O–H groups in total. The van der Waals surface area contributed by atoms with Crippen LogP contribution in [-0.2, 0) is 11.3 Å². The lowest BCUT2D eigenvalue weighted by atomic mass is 10.2. The Morgan fingerprint density at radius 1 is 0.920 bits per heavy atom. The van der Waals surface area contributed by atoms with Crippen molar-refractivity contribution in [1.82, 2.24) is 5.32 Å². The number of ether oxygens (including phenoxy) is 3. The predicted octanol–water partition coefficient (Wildman–Crippen LogP) is 2.83. The zero-order chi connectivity index (χ0) is 18.1. The van der Waals surface area contributed by atoms with Crippen LogP contribution in [0, 0.1) is 0 Å². The molecule has 6 nitrogen and oxygen atoms in total. The highest BCUT2D eigenvalue weighted by Gasteiger charge is 2.07. The Bertz CT molecular complexity index is 704. The highest BCUT2D eigenvalue weighted by Crippen LogP contribution is 2.29. The molecule has 0 radical (unpaired) electrons. The number of methoxy groups -OCH3 is 3. The van der Waals surface area contributed by atoms with E-state index in [2.05, 4.69) is 10.6 Å². The molecule has 0 heterocycles. The van der Waals surface area contributed by atoms with E-state index in [9.17, 15) is 4.79 Å². The summed E-state index contributed by atoms with van der Waals surface area (Å²) < 4.78 is 15.7. The summed E-state index contributed by atoms with van der Waals surface area (Å²) in [4.78, 5) is 12.0. The van der Waals surface area contributed by atoms with E-state index in [0.29, 0.717) is 31.0 Å². The Balaban J connectivity index is 1.79. The van der Waals surface area contributed by atoms with E-state index in [1.807, 2.05) is 42.5 Å². The first-order valence-corrected chi connectivity index (χ1v) is 8.02. The number of para-hydroxylation sites is 1. The van der Waals surface area contributed by atoms with E-state index in [1.54, 1.807) is 21.3 Å². The fraction of sp³-hybridized carbons (Fsp3) is 0.316. The van der Waals surface area contributed by atoms with Gasteiger partial charge in [0.15, 0.2) is 11.5 Å². The van der Waals surface area contributed by atoms with Crippen molar-refractivity contribution in [2.75, 3.05) is 33.2 Å². The Hall–Kier alpha value is -2.89. The number of carbonyl (C=O) groups excluding carboxylic acids is 1. The van der Waals surface area contributed by atoms with Crippen LogP contribution in [0.25, 0.3) is 0 Å². The van der Waals surface area contributed by atoms with E-state index < -0.39 is 0 Å². The molecule has 0 aromatic heterocycles. The summed E-state index contributed by atoms with van der Waals surface area (Å²) in [6.07, 6.45) is 0.365. The van der Waals surface area contributed by atoms with Crippen molar-refractivity contribution in [3.63, 3.8) is 0 Å². The van der Waals surface area contributed by atoms with Gasteiger partial charge in [-0.3, -0.25) is 4.79 Å². The topological polar surface area (TPSA) is 68.8 Å². The van der Waals surface area contributed by atoms with Crippen molar-refractivity contribution in [1.29, 1.82) is 0 Å². The van der Waals surface area contributed by atoms with E-state index in [1.165, 1.54) is 0 Å². The number of anilines is 1. The molecule has 0 unspecified atom stereocenters. The third-order valence-electron chi connectivity index (χ3n) is 3.73. The maximum absolute atomic E-state index is 12.0. The highest BCUT2D eigenvalue weighted by atomic mass is 16.5. The molecule has 0 saturated carbocycles. The van der Waals surface area contributed by atoms with Gasteiger partial charge in [0.25, 0.3) is 0 Å². The zero-order valence-electron chi connectivity index (χ0n) is 14.8. The van der Waals surface area contributed by atoms with Gasteiger partial charge in [-0.2, -0.15) is 0 Å². The molecule has 134 valence electrons. The lowest BCUT2D eigenvalue weighted by Gasteiger charge is -2.12. The molecule has 6 heteroatoms. The Kier molecular flexibility index (Phi) is 6.95. The third kappa shape index (κ3) is 5.31. The van der Waals surface area contributed by atoms with Crippen molar-refractivity contribution in [3.8, 4) is 17.2 Å². The molecule has 0 atom stereocenters. The first-order valence-electron chi connectivity index (χ1n) is 8.02. The van der Waals surface area contributed by atoms with Crippen LogP contribution in [0.15, 0.2) is 42.5 Å². The van der Waals surface area contributed by atoms with Gasteiger partial charge in [0.05, 0.1) is 21.3 Å². The molecule has 0 aliphatic carbocycles. The van der Waals surface area contributed by atoms with Crippen molar-refractivity contribution in [2.24, 2.45) is 0 Å². The lowest BCUT2D eigenvalue weighted by molar-refractivity contribution is -0.121. The van der Waals surface area contributed by atoms with Crippen LogP contribution >= 0.6 is 0 Å². The van der Waals surface area contributed by atoms with Gasteiger partial charge in [0.2, 0.25) is 5.91 Å². The third-order valence-corrected chi connectivity index (χ3v) is 3.73. The summed E-state index contributed by atoms with van der Waals surface area (Å²) in [7, 11) is 4.80. The van der Waals surface area contributed by atoms with Gasteiger partial charge in [0.1, 0.15) is 5.75 Å². The molecule has 2 rings (SSSR count). The van der Waals surface area contributed by atoms with Crippen LogP contribution in [0.5, 0.6) is 17.2 Å². The van der Waals surface area contributed by atoms with Gasteiger partial charge in [0, 0.05) is 36.8 Å². The summed E-state index contributed by atoms with van der Waals surface area (Å²) in [5.41, 5.74) is 1.82. The molecule has 2 aromatic carbocycles. The molecule has 0 aliphatic heterocycles. The number of hydrogen-bond donors (Lipinski definition) is 2. The number of hydrogen-bond acceptors (Lipinski definition) is 5. The standard InChI is InChI=1S/C19H24N2O4/c1-23-16-7-5-4-6-14(16)13-21-19(22)10-11-20-15-8-9-17(24-2)18(12-15)25-3/h4-9,12,20H,10-11,13H2,1-3H3,(H,21,22). The van der Waals surface area contributed by atoms with E-state index in [-0.39, 0.29) is 5.91 Å². The molecule has 1 amide bonds. The second kappa shape index (κ2) is 9.42. The minimum Gasteiger partial charge on any atom is -0.496 e. The van der Waals surface area contributed by atoms with Gasteiger partial charge >= 0.3 is 0 Å². The Morgan fingerprint density at radius 3 is 2.36 bits per heavy atom. The molecule has 0 aliphatic rings. The molecule has 0 fully saturated rings. The fourth-order valence-corrected chi connectivity index (χ4v) is 2.40. The Morgan fingerprint density at radius 2 is 1.64 bits per heavy atom. The van der Waals surface area contributed by atoms with Crippen LogP contribution in [0.2, 0.25) is 0 Å². The normalized spacial score (nSPS) is 10.0. The average Bonchev–Trinajstić information content (AvgIpc) is 2.66. The van der Waals surface area contributed by atoms with Crippen LogP contribution in [0.1, 0.15) is 12.0 Å². The number of carbonyl (C=O) groups is 1. The minimum absolute atomic E-state index is 0.0288. The second-order valence-electron chi connectivity index (χ2n) is 5.34. The second-order valence-corrected chi connectivity index (χ2v) is 5.34. The predicted molar refractivity (Wildman–Crippen MR) is 97.5 cm³/mol. The quantitative estimate of drug-likeness (QED) is 0.732. The van der Waals surface area contributed by atoms with Gasteiger partial charge in [-0.05, 0) is 18.2 Å². The highest BCUT2D eigenvalue weighted by molar-refractivity contribution is 5.76. The number of amides is 1. The molecule has 0 saturated heterocycles. The summed E-state index contributed by atoms with van der Waals surface area (Å²) in [6.45, 7) is 0.965. The molecule has 2 aromatic rings. The van der Waals surface area contributed by atoms with Gasteiger partial charge in [-0.25, -0.2) is 0 Å². The van der Waals surface area contributed by atoms with E-state index >= 15 is 0 Å². The van der Waals surface area contributed by atoms with Gasteiger partial charge < -0.3 is 24.8 Å². The first-order chi connectivity index (χ1) is 12.2. The molecule has 0 spiro atoms. The molecular formula is C19H24N2O4. The van der Waals surface area contributed by atoms with Crippen LogP contribution in [-0.4, -0.2) is 33.8 Å². The summed E-state index contributed by atoms with van der Waals surface area (Å²) >= 11 is 0.